The standard InChI is InChI=1S/C15H15ClN2O2S/c1-3-11-8(2)21-15(12(11)13(17)19)18-14(20)9-4-6-10(16)7-5-9/h4-7H,3H2,1-2H3,(H2,17,19)(H,18,20). The van der Waals surface area contributed by atoms with Gasteiger partial charge in [-0.25, -0.2) is 0 Å². The van der Waals surface area contributed by atoms with Crippen molar-refractivity contribution in [3.63, 3.8) is 0 Å². The van der Waals surface area contributed by atoms with E-state index in [4.69, 9.17) is 17.3 Å². The Bertz CT molecular complexity index is 692. The Kier molecular flexibility index (Phi) is 4.65. The summed E-state index contributed by atoms with van der Waals surface area (Å²) in [5.41, 5.74) is 7.20. The van der Waals surface area contributed by atoms with Gasteiger partial charge in [-0.15, -0.1) is 11.3 Å². The van der Waals surface area contributed by atoms with Crippen LogP contribution in [0.5, 0.6) is 0 Å². The third kappa shape index (κ3) is 3.25. The molecule has 0 unspecified atom stereocenters. The molecule has 0 aliphatic rings. The van der Waals surface area contributed by atoms with Crippen LogP contribution in [0.1, 0.15) is 38.1 Å². The zero-order valence-electron chi connectivity index (χ0n) is 11.7. The minimum absolute atomic E-state index is 0.293. The number of anilines is 1. The number of amides is 2. The van der Waals surface area contributed by atoms with Crippen molar-refractivity contribution in [2.45, 2.75) is 20.3 Å². The number of nitrogens with two attached hydrogens (primary N) is 1. The van der Waals surface area contributed by atoms with Crippen molar-refractivity contribution in [1.29, 1.82) is 0 Å². The summed E-state index contributed by atoms with van der Waals surface area (Å²) in [7, 11) is 0. The second kappa shape index (κ2) is 6.28. The first kappa shape index (κ1) is 15.5. The van der Waals surface area contributed by atoms with E-state index in [9.17, 15) is 9.59 Å². The predicted octanol–water partition coefficient (Wildman–Crippen LogP) is 3.62. The van der Waals surface area contributed by atoms with Gasteiger partial charge in [0.25, 0.3) is 11.8 Å². The summed E-state index contributed by atoms with van der Waals surface area (Å²) < 4.78 is 0. The smallest absolute Gasteiger partial charge is 0.256 e. The SMILES string of the molecule is CCc1c(C)sc(NC(=O)c2ccc(Cl)cc2)c1C(N)=O. The van der Waals surface area contributed by atoms with E-state index in [0.717, 1.165) is 10.4 Å². The van der Waals surface area contributed by atoms with Crippen molar-refractivity contribution in [1.82, 2.24) is 0 Å². The van der Waals surface area contributed by atoms with E-state index in [2.05, 4.69) is 5.32 Å². The number of nitrogens with one attached hydrogen (secondary N) is 1. The lowest BCUT2D eigenvalue weighted by Crippen LogP contribution is -2.17. The molecular weight excluding hydrogens is 308 g/mol. The number of benzene rings is 1. The summed E-state index contributed by atoms with van der Waals surface area (Å²) in [6.07, 6.45) is 0.692. The number of primary amides is 1. The van der Waals surface area contributed by atoms with Crippen LogP contribution in [0.25, 0.3) is 0 Å². The van der Waals surface area contributed by atoms with E-state index >= 15 is 0 Å². The van der Waals surface area contributed by atoms with Crippen LogP contribution >= 0.6 is 22.9 Å². The molecule has 0 atom stereocenters. The zero-order valence-corrected chi connectivity index (χ0v) is 13.3. The van der Waals surface area contributed by atoms with Gasteiger partial charge in [0.1, 0.15) is 5.00 Å². The van der Waals surface area contributed by atoms with Gasteiger partial charge < -0.3 is 11.1 Å². The number of carbonyl (C=O) groups is 2. The van der Waals surface area contributed by atoms with Gasteiger partial charge in [0.15, 0.2) is 0 Å². The lowest BCUT2D eigenvalue weighted by atomic mass is 10.1. The number of rotatable bonds is 4. The zero-order chi connectivity index (χ0) is 15.6. The summed E-state index contributed by atoms with van der Waals surface area (Å²) >= 11 is 7.16. The summed E-state index contributed by atoms with van der Waals surface area (Å²) in [4.78, 5) is 24.8. The maximum atomic E-state index is 12.2. The fourth-order valence-electron chi connectivity index (χ4n) is 2.13. The molecule has 2 rings (SSSR count). The summed E-state index contributed by atoms with van der Waals surface area (Å²) in [5.74, 6) is -0.819. The predicted molar refractivity (Wildman–Crippen MR) is 86.4 cm³/mol. The third-order valence-corrected chi connectivity index (χ3v) is 4.46. The fourth-order valence-corrected chi connectivity index (χ4v) is 3.40. The van der Waals surface area contributed by atoms with Crippen molar-refractivity contribution in [2.75, 3.05) is 5.32 Å². The molecule has 0 radical (unpaired) electrons. The number of halogens is 1. The van der Waals surface area contributed by atoms with Crippen LogP contribution in [0.3, 0.4) is 0 Å². The average molecular weight is 323 g/mol. The molecule has 1 aromatic heterocycles. The monoisotopic (exact) mass is 322 g/mol. The summed E-state index contributed by atoms with van der Waals surface area (Å²) in [6, 6.07) is 6.54. The molecular formula is C15H15ClN2O2S. The van der Waals surface area contributed by atoms with Gasteiger partial charge in [-0.05, 0) is 43.2 Å². The van der Waals surface area contributed by atoms with Crippen LogP contribution in [-0.4, -0.2) is 11.8 Å². The molecule has 0 saturated heterocycles. The maximum Gasteiger partial charge on any atom is 0.256 e. The average Bonchev–Trinajstić information content (AvgIpc) is 2.75. The Labute approximate surface area is 131 Å². The quantitative estimate of drug-likeness (QED) is 0.902. The minimum atomic E-state index is -0.525. The molecule has 2 aromatic rings. The van der Waals surface area contributed by atoms with Gasteiger partial charge in [-0.1, -0.05) is 18.5 Å². The van der Waals surface area contributed by atoms with E-state index in [0.29, 0.717) is 27.6 Å². The molecule has 3 N–H and O–H groups in total. The summed E-state index contributed by atoms with van der Waals surface area (Å²) in [5, 5.41) is 3.82. The molecule has 1 heterocycles. The molecule has 0 bridgehead atoms. The van der Waals surface area contributed by atoms with Gasteiger partial charge in [-0.2, -0.15) is 0 Å². The van der Waals surface area contributed by atoms with Crippen LogP contribution in [0.4, 0.5) is 5.00 Å². The van der Waals surface area contributed by atoms with E-state index in [1.54, 1.807) is 24.3 Å². The van der Waals surface area contributed by atoms with Gasteiger partial charge in [-0.3, -0.25) is 9.59 Å². The lowest BCUT2D eigenvalue weighted by molar-refractivity contribution is 0.100. The minimum Gasteiger partial charge on any atom is -0.365 e. The Morgan fingerprint density at radius 2 is 1.90 bits per heavy atom. The molecule has 0 saturated carbocycles. The largest absolute Gasteiger partial charge is 0.365 e. The summed E-state index contributed by atoms with van der Waals surface area (Å²) in [6.45, 7) is 3.86. The van der Waals surface area contributed by atoms with Crippen LogP contribution in [0.15, 0.2) is 24.3 Å². The van der Waals surface area contributed by atoms with Gasteiger partial charge in [0.05, 0.1) is 5.56 Å². The number of aryl methyl sites for hydroxylation is 1. The molecule has 2 amide bonds. The highest BCUT2D eigenvalue weighted by Crippen LogP contribution is 2.33. The molecule has 0 fully saturated rings. The Morgan fingerprint density at radius 3 is 2.43 bits per heavy atom. The van der Waals surface area contributed by atoms with Crippen LogP contribution in [0.2, 0.25) is 5.02 Å². The maximum absolute atomic E-state index is 12.2. The van der Waals surface area contributed by atoms with Gasteiger partial charge >= 0.3 is 0 Å². The van der Waals surface area contributed by atoms with Crippen molar-refractivity contribution in [3.8, 4) is 0 Å². The van der Waals surface area contributed by atoms with Crippen LogP contribution < -0.4 is 11.1 Å². The van der Waals surface area contributed by atoms with E-state index in [1.807, 2.05) is 13.8 Å². The van der Waals surface area contributed by atoms with E-state index in [1.165, 1.54) is 11.3 Å². The van der Waals surface area contributed by atoms with Crippen molar-refractivity contribution < 1.29 is 9.59 Å². The Morgan fingerprint density at radius 1 is 1.29 bits per heavy atom. The van der Waals surface area contributed by atoms with E-state index in [-0.39, 0.29) is 5.91 Å². The van der Waals surface area contributed by atoms with Crippen LogP contribution in [0, 0.1) is 6.92 Å². The molecule has 0 aliphatic carbocycles. The fraction of sp³-hybridized carbons (Fsp3) is 0.200. The van der Waals surface area contributed by atoms with Crippen molar-refractivity contribution in [2.24, 2.45) is 5.73 Å². The highest BCUT2D eigenvalue weighted by atomic mass is 35.5. The molecule has 1 aromatic carbocycles. The highest BCUT2D eigenvalue weighted by molar-refractivity contribution is 7.16. The van der Waals surface area contributed by atoms with E-state index < -0.39 is 5.91 Å². The molecule has 0 spiro atoms. The number of thiophene rings is 1. The van der Waals surface area contributed by atoms with Crippen molar-refractivity contribution in [3.05, 3.63) is 50.9 Å². The number of hydrogen-bond donors (Lipinski definition) is 2. The molecule has 6 heteroatoms. The third-order valence-electron chi connectivity index (χ3n) is 3.14. The first-order chi connectivity index (χ1) is 9.93. The molecule has 21 heavy (non-hydrogen) atoms. The Balaban J connectivity index is 2.33. The normalized spacial score (nSPS) is 10.4. The topological polar surface area (TPSA) is 72.2 Å². The Hall–Kier alpha value is -1.85. The lowest BCUT2D eigenvalue weighted by Gasteiger charge is -2.06. The van der Waals surface area contributed by atoms with Crippen molar-refractivity contribution >= 4 is 39.8 Å². The molecule has 4 nitrogen and oxygen atoms in total. The van der Waals surface area contributed by atoms with Gasteiger partial charge in [0, 0.05) is 15.5 Å². The van der Waals surface area contributed by atoms with Gasteiger partial charge in [0.2, 0.25) is 0 Å². The second-order valence-electron chi connectivity index (χ2n) is 4.52. The van der Waals surface area contributed by atoms with Crippen LogP contribution in [-0.2, 0) is 6.42 Å². The second-order valence-corrected chi connectivity index (χ2v) is 6.18. The molecule has 110 valence electrons. The highest BCUT2D eigenvalue weighted by Gasteiger charge is 2.20. The molecule has 0 aliphatic heterocycles. The number of carbonyl (C=O) groups excluding carboxylic acids is 2. The first-order valence-corrected chi connectivity index (χ1v) is 7.62. The number of hydrogen-bond acceptors (Lipinski definition) is 3. The first-order valence-electron chi connectivity index (χ1n) is 6.43.